The third-order valence-electron chi connectivity index (χ3n) is 1.26. The molecule has 2 rings (SSSR count). The van der Waals surface area contributed by atoms with Crippen LogP contribution in [0, 0.1) is 0 Å². The summed E-state index contributed by atoms with van der Waals surface area (Å²) in [5.41, 5.74) is 0.875. The molecule has 0 aliphatic rings. The van der Waals surface area contributed by atoms with Crippen molar-refractivity contribution in [1.29, 1.82) is 0 Å². The minimum Gasteiger partial charge on any atom is -0.196 e. The quantitative estimate of drug-likeness (QED) is 0.816. The molecule has 0 aromatic carbocycles. The average Bonchev–Trinajstić information content (AvgIpc) is 2.55. The van der Waals surface area contributed by atoms with Gasteiger partial charge in [0.25, 0.3) is 0 Å². The minimum absolute atomic E-state index is 0.764. The molecular formula is C6H4BrN3S. The second-order valence-corrected chi connectivity index (χ2v) is 3.64. The van der Waals surface area contributed by atoms with E-state index in [9.17, 15) is 0 Å². The SMILES string of the molecule is Brc1n[nH]nc1-c1cccs1. The molecule has 0 spiro atoms. The molecule has 0 radical (unpaired) electrons. The molecular weight excluding hydrogens is 226 g/mol. The highest BCUT2D eigenvalue weighted by Gasteiger charge is 2.06. The number of nitrogens with one attached hydrogen (secondary N) is 1. The fraction of sp³-hybridized carbons (Fsp3) is 0. The minimum atomic E-state index is 0.764. The van der Waals surface area contributed by atoms with Crippen molar-refractivity contribution in [3.63, 3.8) is 0 Å². The van der Waals surface area contributed by atoms with Crippen molar-refractivity contribution in [3.8, 4) is 10.6 Å². The molecule has 3 nitrogen and oxygen atoms in total. The fourth-order valence-electron chi connectivity index (χ4n) is 0.788. The molecule has 1 N–H and O–H groups in total. The van der Waals surface area contributed by atoms with Crippen molar-refractivity contribution in [2.75, 3.05) is 0 Å². The molecule has 5 heteroatoms. The highest BCUT2D eigenvalue weighted by atomic mass is 79.9. The van der Waals surface area contributed by atoms with Crippen molar-refractivity contribution in [2.45, 2.75) is 0 Å². The number of rotatable bonds is 1. The fourth-order valence-corrected chi connectivity index (χ4v) is 2.02. The van der Waals surface area contributed by atoms with Gasteiger partial charge in [-0.05, 0) is 27.4 Å². The zero-order valence-corrected chi connectivity index (χ0v) is 7.82. The van der Waals surface area contributed by atoms with Gasteiger partial charge in [0.15, 0.2) is 4.60 Å². The third kappa shape index (κ3) is 1.21. The topological polar surface area (TPSA) is 41.6 Å². The summed E-state index contributed by atoms with van der Waals surface area (Å²) in [4.78, 5) is 1.12. The first-order valence-corrected chi connectivity index (χ1v) is 4.65. The number of thiophene rings is 1. The van der Waals surface area contributed by atoms with Crippen LogP contribution in [0.4, 0.5) is 0 Å². The highest BCUT2D eigenvalue weighted by Crippen LogP contribution is 2.27. The van der Waals surface area contributed by atoms with Gasteiger partial charge in [0.2, 0.25) is 0 Å². The molecule has 0 bridgehead atoms. The van der Waals surface area contributed by atoms with Gasteiger partial charge in [0, 0.05) is 0 Å². The molecule has 2 aromatic rings. The van der Waals surface area contributed by atoms with Crippen LogP contribution in [0.25, 0.3) is 10.6 Å². The van der Waals surface area contributed by atoms with Crippen molar-refractivity contribution in [1.82, 2.24) is 15.4 Å². The maximum absolute atomic E-state index is 3.99. The van der Waals surface area contributed by atoms with Gasteiger partial charge in [-0.25, -0.2) is 0 Å². The van der Waals surface area contributed by atoms with E-state index in [1.165, 1.54) is 0 Å². The molecule has 0 amide bonds. The second kappa shape index (κ2) is 2.75. The Bertz CT molecular complexity index is 340. The lowest BCUT2D eigenvalue weighted by molar-refractivity contribution is 0.936. The van der Waals surface area contributed by atoms with E-state index in [0.717, 1.165) is 15.2 Å². The first-order chi connectivity index (χ1) is 5.38. The largest absolute Gasteiger partial charge is 0.196 e. The monoisotopic (exact) mass is 229 g/mol. The summed E-state index contributed by atoms with van der Waals surface area (Å²) in [6, 6.07) is 3.99. The van der Waals surface area contributed by atoms with Gasteiger partial charge in [0.1, 0.15) is 5.69 Å². The summed E-state index contributed by atoms with van der Waals surface area (Å²) < 4.78 is 0.764. The van der Waals surface area contributed by atoms with Crippen molar-refractivity contribution in [2.24, 2.45) is 0 Å². The Kier molecular flexibility index (Phi) is 1.75. The van der Waals surface area contributed by atoms with Crippen LogP contribution in [-0.4, -0.2) is 15.4 Å². The number of hydrogen-bond donors (Lipinski definition) is 1. The zero-order chi connectivity index (χ0) is 7.68. The van der Waals surface area contributed by atoms with Crippen LogP contribution >= 0.6 is 27.3 Å². The third-order valence-corrected chi connectivity index (χ3v) is 2.69. The van der Waals surface area contributed by atoms with Crippen LogP contribution in [0.2, 0.25) is 0 Å². The second-order valence-electron chi connectivity index (χ2n) is 1.94. The smallest absolute Gasteiger partial charge is 0.156 e. The molecule has 0 fully saturated rings. The van der Waals surface area contributed by atoms with E-state index in [2.05, 4.69) is 31.3 Å². The lowest BCUT2D eigenvalue weighted by Crippen LogP contribution is -1.71. The molecule has 0 saturated carbocycles. The maximum Gasteiger partial charge on any atom is 0.156 e. The summed E-state index contributed by atoms with van der Waals surface area (Å²) in [5, 5.41) is 12.4. The molecule has 11 heavy (non-hydrogen) atoms. The number of H-pyrrole nitrogens is 1. The molecule has 2 aromatic heterocycles. The normalized spacial score (nSPS) is 10.3. The van der Waals surface area contributed by atoms with Gasteiger partial charge in [0.05, 0.1) is 4.88 Å². The van der Waals surface area contributed by atoms with Crippen LogP contribution in [0.3, 0.4) is 0 Å². The lowest BCUT2D eigenvalue weighted by Gasteiger charge is -1.86. The molecule has 0 aliphatic heterocycles. The summed E-state index contributed by atoms with van der Waals surface area (Å²) in [7, 11) is 0. The Balaban J connectivity index is 2.53. The van der Waals surface area contributed by atoms with Crippen LogP contribution in [0.15, 0.2) is 22.1 Å². The van der Waals surface area contributed by atoms with Gasteiger partial charge in [-0.2, -0.15) is 10.3 Å². The Morgan fingerprint density at radius 2 is 2.36 bits per heavy atom. The van der Waals surface area contributed by atoms with E-state index < -0.39 is 0 Å². The predicted octanol–water partition coefficient (Wildman–Crippen LogP) is 2.30. The van der Waals surface area contributed by atoms with Crippen molar-refractivity contribution in [3.05, 3.63) is 22.1 Å². The Hall–Kier alpha value is -0.680. The summed E-state index contributed by atoms with van der Waals surface area (Å²) in [6.45, 7) is 0. The van der Waals surface area contributed by atoms with Crippen molar-refractivity contribution < 1.29 is 0 Å². The number of aromatic nitrogens is 3. The highest BCUT2D eigenvalue weighted by molar-refractivity contribution is 9.10. The van der Waals surface area contributed by atoms with E-state index in [1.807, 2.05) is 17.5 Å². The lowest BCUT2D eigenvalue weighted by atomic mass is 10.4. The summed E-state index contributed by atoms with van der Waals surface area (Å²) in [5.74, 6) is 0. The van der Waals surface area contributed by atoms with Gasteiger partial charge in [-0.15, -0.1) is 16.4 Å². The van der Waals surface area contributed by atoms with Crippen LogP contribution in [0.1, 0.15) is 0 Å². The number of hydrogen-bond acceptors (Lipinski definition) is 3. The van der Waals surface area contributed by atoms with Gasteiger partial charge < -0.3 is 0 Å². The zero-order valence-electron chi connectivity index (χ0n) is 5.41. The average molecular weight is 230 g/mol. The standard InChI is InChI=1S/C6H4BrN3S/c7-6-5(8-10-9-6)4-2-1-3-11-4/h1-3H,(H,8,9,10). The maximum atomic E-state index is 3.99. The summed E-state index contributed by atoms with van der Waals surface area (Å²) in [6.07, 6.45) is 0. The van der Waals surface area contributed by atoms with Crippen molar-refractivity contribution >= 4 is 27.3 Å². The number of halogens is 1. The number of aromatic amines is 1. The Morgan fingerprint density at radius 3 is 2.91 bits per heavy atom. The molecule has 0 atom stereocenters. The van der Waals surface area contributed by atoms with E-state index in [4.69, 9.17) is 0 Å². The predicted molar refractivity (Wildman–Crippen MR) is 47.4 cm³/mol. The van der Waals surface area contributed by atoms with E-state index in [1.54, 1.807) is 11.3 Å². The first-order valence-electron chi connectivity index (χ1n) is 2.98. The molecule has 2 heterocycles. The Morgan fingerprint density at radius 1 is 1.45 bits per heavy atom. The molecule has 0 unspecified atom stereocenters. The summed E-state index contributed by atoms with van der Waals surface area (Å²) >= 11 is 4.93. The van der Waals surface area contributed by atoms with Gasteiger partial charge >= 0.3 is 0 Å². The van der Waals surface area contributed by atoms with E-state index >= 15 is 0 Å². The van der Waals surface area contributed by atoms with E-state index in [-0.39, 0.29) is 0 Å². The van der Waals surface area contributed by atoms with Crippen LogP contribution in [0.5, 0.6) is 0 Å². The molecule has 0 saturated heterocycles. The number of nitrogens with zero attached hydrogens (tertiary/aromatic N) is 2. The van der Waals surface area contributed by atoms with E-state index in [0.29, 0.717) is 0 Å². The van der Waals surface area contributed by atoms with Crippen LogP contribution < -0.4 is 0 Å². The van der Waals surface area contributed by atoms with Crippen LogP contribution in [-0.2, 0) is 0 Å². The van der Waals surface area contributed by atoms with Gasteiger partial charge in [-0.3, -0.25) is 0 Å². The Labute approximate surface area is 75.6 Å². The molecule has 56 valence electrons. The van der Waals surface area contributed by atoms with Gasteiger partial charge in [-0.1, -0.05) is 6.07 Å². The molecule has 0 aliphatic carbocycles. The first kappa shape index (κ1) is 7.00.